The van der Waals surface area contributed by atoms with Gasteiger partial charge in [-0.05, 0) is 17.7 Å². The zero-order valence-corrected chi connectivity index (χ0v) is 14.1. The summed E-state index contributed by atoms with van der Waals surface area (Å²) in [6.45, 7) is 0.564. The Hall–Kier alpha value is -3.24. The van der Waals surface area contributed by atoms with E-state index in [-0.39, 0.29) is 16.9 Å². The lowest BCUT2D eigenvalue weighted by Gasteiger charge is -2.09. The summed E-state index contributed by atoms with van der Waals surface area (Å²) >= 11 is 5.85. The molecular formula is C17H14ClN5O2. The van der Waals surface area contributed by atoms with Crippen molar-refractivity contribution in [2.45, 2.75) is 6.54 Å². The topological polar surface area (TPSA) is 98.9 Å². The summed E-state index contributed by atoms with van der Waals surface area (Å²) in [6, 6.07) is 9.42. The first-order valence-electron chi connectivity index (χ1n) is 7.30. The number of rotatable bonds is 4. The van der Waals surface area contributed by atoms with Crippen molar-refractivity contribution >= 4 is 23.3 Å². The standard InChI is InChI=1S/C17H14ClN5O2/c1-25-17(24)16-15(20)12(6-19)9-23(16)14-4-2-11(3-5-14)8-22-10-13(18)7-21-22/h2-5,7,9-10H,8,20H2,1H3. The van der Waals surface area contributed by atoms with Crippen LogP contribution in [0.15, 0.2) is 42.9 Å². The number of nitriles is 1. The Morgan fingerprint density at radius 2 is 2.08 bits per heavy atom. The first-order valence-corrected chi connectivity index (χ1v) is 7.67. The van der Waals surface area contributed by atoms with Crippen LogP contribution in [0.3, 0.4) is 0 Å². The predicted molar refractivity (Wildman–Crippen MR) is 92.6 cm³/mol. The molecule has 7 nitrogen and oxygen atoms in total. The minimum Gasteiger partial charge on any atom is -0.464 e. The van der Waals surface area contributed by atoms with E-state index in [0.29, 0.717) is 17.3 Å². The molecule has 8 heteroatoms. The van der Waals surface area contributed by atoms with Gasteiger partial charge in [0.25, 0.3) is 0 Å². The fraction of sp³-hybridized carbons (Fsp3) is 0.118. The van der Waals surface area contributed by atoms with Gasteiger partial charge < -0.3 is 15.0 Å². The maximum atomic E-state index is 12.0. The molecule has 2 N–H and O–H groups in total. The molecule has 0 aliphatic heterocycles. The van der Waals surface area contributed by atoms with Gasteiger partial charge in [-0.3, -0.25) is 4.68 Å². The highest BCUT2D eigenvalue weighted by Crippen LogP contribution is 2.25. The molecule has 0 aliphatic carbocycles. The van der Waals surface area contributed by atoms with E-state index in [4.69, 9.17) is 27.3 Å². The fourth-order valence-corrected chi connectivity index (χ4v) is 2.65. The zero-order chi connectivity index (χ0) is 18.0. The number of halogens is 1. The average molecular weight is 356 g/mol. The third-order valence-electron chi connectivity index (χ3n) is 3.70. The number of anilines is 1. The van der Waals surface area contributed by atoms with Crippen molar-refractivity contribution in [1.29, 1.82) is 5.26 Å². The van der Waals surface area contributed by atoms with Gasteiger partial charge in [-0.1, -0.05) is 23.7 Å². The molecule has 2 heterocycles. The van der Waals surface area contributed by atoms with Gasteiger partial charge in [0, 0.05) is 18.1 Å². The molecule has 3 aromatic rings. The molecule has 0 aliphatic rings. The van der Waals surface area contributed by atoms with Crippen LogP contribution >= 0.6 is 11.6 Å². The third-order valence-corrected chi connectivity index (χ3v) is 3.90. The number of nitrogen functional groups attached to an aromatic ring is 1. The minimum atomic E-state index is -0.603. The van der Waals surface area contributed by atoms with E-state index >= 15 is 0 Å². The van der Waals surface area contributed by atoms with E-state index in [2.05, 4.69) is 5.10 Å². The van der Waals surface area contributed by atoms with Crippen molar-refractivity contribution in [3.8, 4) is 11.8 Å². The van der Waals surface area contributed by atoms with Crippen molar-refractivity contribution in [2.24, 2.45) is 0 Å². The molecular weight excluding hydrogens is 342 g/mol. The molecule has 25 heavy (non-hydrogen) atoms. The molecule has 3 rings (SSSR count). The number of esters is 1. The van der Waals surface area contributed by atoms with E-state index in [0.717, 1.165) is 5.56 Å². The summed E-state index contributed by atoms with van der Waals surface area (Å²) in [5.41, 5.74) is 8.04. The number of aromatic nitrogens is 3. The number of nitrogens with zero attached hydrogens (tertiary/aromatic N) is 4. The van der Waals surface area contributed by atoms with Crippen LogP contribution in [0.5, 0.6) is 0 Å². The third kappa shape index (κ3) is 3.20. The second kappa shape index (κ2) is 6.71. The van der Waals surface area contributed by atoms with E-state index in [1.165, 1.54) is 13.3 Å². The highest BCUT2D eigenvalue weighted by atomic mass is 35.5. The Labute approximate surface area is 148 Å². The Bertz CT molecular complexity index is 966. The Morgan fingerprint density at radius 1 is 1.36 bits per heavy atom. The van der Waals surface area contributed by atoms with Crippen LogP contribution in [-0.4, -0.2) is 27.4 Å². The van der Waals surface area contributed by atoms with Gasteiger partial charge in [0.05, 0.1) is 36.1 Å². The zero-order valence-electron chi connectivity index (χ0n) is 13.3. The van der Waals surface area contributed by atoms with E-state index in [1.807, 2.05) is 30.3 Å². The maximum absolute atomic E-state index is 12.0. The van der Waals surface area contributed by atoms with Gasteiger partial charge in [-0.2, -0.15) is 10.4 Å². The number of hydrogen-bond acceptors (Lipinski definition) is 5. The molecule has 0 unspecified atom stereocenters. The van der Waals surface area contributed by atoms with Gasteiger partial charge in [0.15, 0.2) is 5.69 Å². The Morgan fingerprint density at radius 3 is 2.64 bits per heavy atom. The van der Waals surface area contributed by atoms with Gasteiger partial charge >= 0.3 is 5.97 Å². The van der Waals surface area contributed by atoms with E-state index in [9.17, 15) is 4.79 Å². The van der Waals surface area contributed by atoms with E-state index in [1.54, 1.807) is 21.6 Å². The van der Waals surface area contributed by atoms with Gasteiger partial charge in [-0.15, -0.1) is 0 Å². The number of benzene rings is 1. The number of nitrogens with two attached hydrogens (primary N) is 1. The summed E-state index contributed by atoms with van der Waals surface area (Å²) < 4.78 is 8.04. The fourth-order valence-electron chi connectivity index (χ4n) is 2.49. The second-order valence-corrected chi connectivity index (χ2v) is 5.74. The van der Waals surface area contributed by atoms with Gasteiger partial charge in [0.2, 0.25) is 0 Å². The Kier molecular flexibility index (Phi) is 4.46. The van der Waals surface area contributed by atoms with Crippen LogP contribution in [0, 0.1) is 11.3 Å². The highest BCUT2D eigenvalue weighted by Gasteiger charge is 2.21. The molecule has 126 valence electrons. The number of ether oxygens (including phenoxy) is 1. The van der Waals surface area contributed by atoms with Crippen LogP contribution < -0.4 is 5.73 Å². The van der Waals surface area contributed by atoms with E-state index < -0.39 is 5.97 Å². The lowest BCUT2D eigenvalue weighted by molar-refractivity contribution is 0.0593. The monoisotopic (exact) mass is 355 g/mol. The molecule has 0 spiro atoms. The second-order valence-electron chi connectivity index (χ2n) is 5.30. The Balaban J connectivity index is 1.95. The number of hydrogen-bond donors (Lipinski definition) is 1. The van der Waals surface area contributed by atoms with Gasteiger partial charge in [0.1, 0.15) is 6.07 Å². The van der Waals surface area contributed by atoms with Crippen LogP contribution in [-0.2, 0) is 11.3 Å². The SMILES string of the molecule is COC(=O)c1c(N)c(C#N)cn1-c1ccc(Cn2cc(Cl)cn2)cc1. The van der Waals surface area contributed by atoms with Crippen molar-refractivity contribution in [3.63, 3.8) is 0 Å². The smallest absolute Gasteiger partial charge is 0.357 e. The first-order chi connectivity index (χ1) is 12.0. The van der Waals surface area contributed by atoms with Crippen molar-refractivity contribution in [2.75, 3.05) is 12.8 Å². The predicted octanol–water partition coefficient (Wildman–Crippen LogP) is 2.62. The molecule has 0 saturated carbocycles. The lowest BCUT2D eigenvalue weighted by Crippen LogP contribution is -2.11. The van der Waals surface area contributed by atoms with Gasteiger partial charge in [-0.25, -0.2) is 4.79 Å². The van der Waals surface area contributed by atoms with Crippen LogP contribution in [0.1, 0.15) is 21.6 Å². The average Bonchev–Trinajstić information content (AvgIpc) is 3.17. The van der Waals surface area contributed by atoms with Crippen molar-refractivity contribution in [1.82, 2.24) is 14.3 Å². The largest absolute Gasteiger partial charge is 0.464 e. The summed E-state index contributed by atoms with van der Waals surface area (Å²) in [5.74, 6) is -0.603. The summed E-state index contributed by atoms with van der Waals surface area (Å²) in [7, 11) is 1.27. The molecule has 0 radical (unpaired) electrons. The quantitative estimate of drug-likeness (QED) is 0.725. The van der Waals surface area contributed by atoms with Crippen molar-refractivity contribution < 1.29 is 9.53 Å². The number of carbonyl (C=O) groups is 1. The summed E-state index contributed by atoms with van der Waals surface area (Å²) in [5, 5.41) is 13.9. The van der Waals surface area contributed by atoms with Crippen LogP contribution in [0.4, 0.5) is 5.69 Å². The maximum Gasteiger partial charge on any atom is 0.357 e. The van der Waals surface area contributed by atoms with Crippen LogP contribution in [0.2, 0.25) is 5.02 Å². The first kappa shape index (κ1) is 16.6. The van der Waals surface area contributed by atoms with Crippen molar-refractivity contribution in [3.05, 3.63) is 64.7 Å². The highest BCUT2D eigenvalue weighted by molar-refractivity contribution is 6.30. The summed E-state index contributed by atoms with van der Waals surface area (Å²) in [6.07, 6.45) is 4.82. The van der Waals surface area contributed by atoms with Crippen LogP contribution in [0.25, 0.3) is 5.69 Å². The molecule has 0 bridgehead atoms. The normalized spacial score (nSPS) is 10.4. The number of methoxy groups -OCH3 is 1. The molecule has 1 aromatic carbocycles. The molecule has 0 saturated heterocycles. The molecule has 0 atom stereocenters. The molecule has 2 aromatic heterocycles. The minimum absolute atomic E-state index is 0.101. The molecule has 0 fully saturated rings. The summed E-state index contributed by atoms with van der Waals surface area (Å²) in [4.78, 5) is 12.0. The number of carbonyl (C=O) groups excluding carboxylic acids is 1. The molecule has 0 amide bonds. The lowest BCUT2D eigenvalue weighted by atomic mass is 10.2.